The number of hydrogen-bond acceptors (Lipinski definition) is 3. The van der Waals surface area contributed by atoms with Crippen LogP contribution in [0.3, 0.4) is 0 Å². The molecule has 1 heterocycles. The molecule has 3 rings (SSSR count). The highest BCUT2D eigenvalue weighted by molar-refractivity contribution is 6.13. The molecule has 2 aromatic carbocycles. The van der Waals surface area contributed by atoms with E-state index in [1.807, 2.05) is 31.2 Å². The van der Waals surface area contributed by atoms with Gasteiger partial charge in [0.05, 0.1) is 6.54 Å². The number of amides is 3. The summed E-state index contributed by atoms with van der Waals surface area (Å²) in [5.74, 6) is -0.209. The third kappa shape index (κ3) is 3.23. The molecule has 0 aromatic heterocycles. The molecule has 0 aliphatic carbocycles. The van der Waals surface area contributed by atoms with E-state index in [4.69, 9.17) is 0 Å². The number of carbonyl (C=O) groups is 2. The van der Waals surface area contributed by atoms with E-state index >= 15 is 0 Å². The highest BCUT2D eigenvalue weighted by atomic mass is 16.3. The van der Waals surface area contributed by atoms with Crippen molar-refractivity contribution in [1.29, 1.82) is 0 Å². The topological polar surface area (TPSA) is 69.6 Å². The van der Waals surface area contributed by atoms with Gasteiger partial charge in [0, 0.05) is 0 Å². The molecule has 1 aliphatic rings. The largest absolute Gasteiger partial charge is 0.508 e. The number of carbonyl (C=O) groups excluding carboxylic acids is 2. The summed E-state index contributed by atoms with van der Waals surface area (Å²) < 4.78 is 0. The van der Waals surface area contributed by atoms with Gasteiger partial charge in [-0.25, -0.2) is 4.79 Å². The summed E-state index contributed by atoms with van der Waals surface area (Å²) in [5.41, 5.74) is 2.94. The zero-order chi connectivity index (χ0) is 16.4. The van der Waals surface area contributed by atoms with Crippen LogP contribution < -0.4 is 5.32 Å². The Morgan fingerprint density at radius 2 is 1.87 bits per heavy atom. The lowest BCUT2D eigenvalue weighted by Crippen LogP contribution is -2.30. The number of aryl methyl sites for hydroxylation is 1. The van der Waals surface area contributed by atoms with Crippen LogP contribution >= 0.6 is 0 Å². The van der Waals surface area contributed by atoms with E-state index in [1.54, 1.807) is 18.2 Å². The normalized spacial score (nSPS) is 16.0. The number of urea groups is 1. The van der Waals surface area contributed by atoms with Crippen molar-refractivity contribution in [2.75, 3.05) is 0 Å². The van der Waals surface area contributed by atoms with Crippen molar-refractivity contribution >= 4 is 18.0 Å². The summed E-state index contributed by atoms with van der Waals surface area (Å²) >= 11 is 0. The summed E-state index contributed by atoms with van der Waals surface area (Å²) in [7, 11) is 0. The Hall–Kier alpha value is -3.08. The Morgan fingerprint density at radius 1 is 1.13 bits per heavy atom. The van der Waals surface area contributed by atoms with Crippen molar-refractivity contribution in [3.8, 4) is 5.75 Å². The van der Waals surface area contributed by atoms with Gasteiger partial charge in [-0.1, -0.05) is 42.0 Å². The summed E-state index contributed by atoms with van der Waals surface area (Å²) in [6, 6.07) is 13.7. The van der Waals surface area contributed by atoms with Crippen molar-refractivity contribution in [3.63, 3.8) is 0 Å². The summed E-state index contributed by atoms with van der Waals surface area (Å²) in [6.45, 7) is 2.20. The second kappa shape index (κ2) is 5.96. The van der Waals surface area contributed by atoms with Gasteiger partial charge >= 0.3 is 6.03 Å². The SMILES string of the molecule is Cc1cccc(CN2C(=O)N/C(=C/c3ccc(O)cc3)C2=O)c1. The third-order valence-corrected chi connectivity index (χ3v) is 3.59. The molecule has 1 fully saturated rings. The Bertz CT molecular complexity index is 794. The van der Waals surface area contributed by atoms with Gasteiger partial charge in [-0.3, -0.25) is 9.69 Å². The fraction of sp³-hybridized carbons (Fsp3) is 0.111. The average Bonchev–Trinajstić information content (AvgIpc) is 2.77. The van der Waals surface area contributed by atoms with Gasteiger partial charge < -0.3 is 10.4 Å². The molecule has 0 spiro atoms. The second-order valence-corrected chi connectivity index (χ2v) is 5.46. The maximum absolute atomic E-state index is 12.4. The van der Waals surface area contributed by atoms with Gasteiger partial charge in [-0.2, -0.15) is 0 Å². The first-order valence-corrected chi connectivity index (χ1v) is 7.22. The lowest BCUT2D eigenvalue weighted by Gasteiger charge is -2.12. The molecule has 2 aromatic rings. The fourth-order valence-corrected chi connectivity index (χ4v) is 2.45. The van der Waals surface area contributed by atoms with Crippen molar-refractivity contribution < 1.29 is 14.7 Å². The quantitative estimate of drug-likeness (QED) is 0.676. The smallest absolute Gasteiger partial charge is 0.329 e. The van der Waals surface area contributed by atoms with Gasteiger partial charge in [0.1, 0.15) is 11.4 Å². The number of phenols is 1. The molecule has 116 valence electrons. The first kappa shape index (κ1) is 14.8. The minimum atomic E-state index is -0.429. The van der Waals surface area contributed by atoms with Gasteiger partial charge in [0.2, 0.25) is 0 Å². The van der Waals surface area contributed by atoms with Crippen molar-refractivity contribution in [1.82, 2.24) is 10.2 Å². The zero-order valence-corrected chi connectivity index (χ0v) is 12.6. The number of nitrogens with one attached hydrogen (secondary N) is 1. The van der Waals surface area contributed by atoms with Crippen molar-refractivity contribution in [2.45, 2.75) is 13.5 Å². The number of imide groups is 1. The molecule has 0 bridgehead atoms. The zero-order valence-electron chi connectivity index (χ0n) is 12.6. The number of rotatable bonds is 3. The monoisotopic (exact) mass is 308 g/mol. The van der Waals surface area contributed by atoms with E-state index < -0.39 is 6.03 Å². The Morgan fingerprint density at radius 3 is 2.57 bits per heavy atom. The minimum Gasteiger partial charge on any atom is -0.508 e. The number of benzene rings is 2. The summed E-state index contributed by atoms with van der Waals surface area (Å²) in [4.78, 5) is 25.6. The Kier molecular flexibility index (Phi) is 3.85. The van der Waals surface area contributed by atoms with E-state index in [9.17, 15) is 14.7 Å². The van der Waals surface area contributed by atoms with E-state index in [0.29, 0.717) is 0 Å². The molecule has 0 unspecified atom stereocenters. The molecule has 3 amide bonds. The third-order valence-electron chi connectivity index (χ3n) is 3.59. The van der Waals surface area contributed by atoms with Gasteiger partial charge in [0.25, 0.3) is 5.91 Å². The van der Waals surface area contributed by atoms with Gasteiger partial charge in [0.15, 0.2) is 0 Å². The molecule has 23 heavy (non-hydrogen) atoms. The van der Waals surface area contributed by atoms with Crippen LogP contribution in [0.4, 0.5) is 4.79 Å². The van der Waals surface area contributed by atoms with E-state index in [2.05, 4.69) is 5.32 Å². The molecule has 0 atom stereocenters. The number of nitrogens with zero attached hydrogens (tertiary/aromatic N) is 1. The molecule has 1 aliphatic heterocycles. The van der Waals surface area contributed by atoms with E-state index in [-0.39, 0.29) is 23.9 Å². The maximum Gasteiger partial charge on any atom is 0.329 e. The Labute approximate surface area is 133 Å². The number of phenolic OH excluding ortho intramolecular Hbond substituents is 1. The first-order valence-electron chi connectivity index (χ1n) is 7.22. The number of aromatic hydroxyl groups is 1. The van der Waals surface area contributed by atoms with Crippen LogP contribution in [-0.2, 0) is 11.3 Å². The van der Waals surface area contributed by atoms with Crippen LogP contribution in [0.1, 0.15) is 16.7 Å². The standard InChI is InChI=1S/C18H16N2O3/c1-12-3-2-4-14(9-12)11-20-17(22)16(19-18(20)23)10-13-5-7-15(21)8-6-13/h2-10,21H,11H2,1H3,(H,19,23)/b16-10+. The van der Waals surface area contributed by atoms with Crippen LogP contribution in [0.15, 0.2) is 54.2 Å². The predicted molar refractivity (Wildman–Crippen MR) is 86.3 cm³/mol. The van der Waals surface area contributed by atoms with E-state index in [1.165, 1.54) is 17.0 Å². The van der Waals surface area contributed by atoms with Crippen molar-refractivity contribution in [2.24, 2.45) is 0 Å². The predicted octanol–water partition coefficient (Wildman–Crippen LogP) is 2.79. The fourth-order valence-electron chi connectivity index (χ4n) is 2.45. The first-order chi connectivity index (χ1) is 11.0. The molecular weight excluding hydrogens is 292 g/mol. The highest BCUT2D eigenvalue weighted by Crippen LogP contribution is 2.18. The molecule has 5 heteroatoms. The molecule has 5 nitrogen and oxygen atoms in total. The van der Waals surface area contributed by atoms with Crippen LogP contribution in [0.2, 0.25) is 0 Å². The summed E-state index contributed by atoms with van der Waals surface area (Å²) in [6.07, 6.45) is 1.59. The van der Waals surface area contributed by atoms with Crippen molar-refractivity contribution in [3.05, 3.63) is 70.9 Å². The minimum absolute atomic E-state index is 0.148. The molecular formula is C18H16N2O3. The molecule has 1 saturated heterocycles. The van der Waals surface area contributed by atoms with Crippen LogP contribution in [-0.4, -0.2) is 21.9 Å². The molecule has 2 N–H and O–H groups in total. The van der Waals surface area contributed by atoms with Crippen LogP contribution in [0.5, 0.6) is 5.75 Å². The van der Waals surface area contributed by atoms with Crippen LogP contribution in [0.25, 0.3) is 6.08 Å². The van der Waals surface area contributed by atoms with Gasteiger partial charge in [-0.15, -0.1) is 0 Å². The van der Waals surface area contributed by atoms with Gasteiger partial charge in [-0.05, 0) is 36.3 Å². The molecule has 0 radical (unpaired) electrons. The highest BCUT2D eigenvalue weighted by Gasteiger charge is 2.33. The molecule has 0 saturated carbocycles. The van der Waals surface area contributed by atoms with E-state index in [0.717, 1.165) is 16.7 Å². The number of hydrogen-bond donors (Lipinski definition) is 2. The second-order valence-electron chi connectivity index (χ2n) is 5.46. The summed E-state index contributed by atoms with van der Waals surface area (Å²) in [5, 5.41) is 11.9. The lowest BCUT2D eigenvalue weighted by molar-refractivity contribution is -0.123. The average molecular weight is 308 g/mol. The van der Waals surface area contributed by atoms with Crippen LogP contribution in [0, 0.1) is 6.92 Å². The lowest BCUT2D eigenvalue weighted by atomic mass is 10.1. The Balaban J connectivity index is 1.81. The maximum atomic E-state index is 12.4.